The quantitative estimate of drug-likeness (QED) is 0.710. The third-order valence-corrected chi connectivity index (χ3v) is 4.16. The maximum Gasteiger partial charge on any atom is 0.220 e. The van der Waals surface area contributed by atoms with Gasteiger partial charge in [-0.15, -0.1) is 0 Å². The van der Waals surface area contributed by atoms with Gasteiger partial charge in [0.25, 0.3) is 0 Å². The first-order valence-electron chi connectivity index (χ1n) is 7.95. The van der Waals surface area contributed by atoms with E-state index in [1.807, 2.05) is 7.05 Å². The Labute approximate surface area is 118 Å². The molecule has 0 aromatic rings. The SMILES string of the molecule is CNCC(C)(C)CNC(=O)CCCC1CCCCC1. The number of hydrogen-bond donors (Lipinski definition) is 2. The van der Waals surface area contributed by atoms with Gasteiger partial charge in [0, 0.05) is 19.5 Å². The molecule has 19 heavy (non-hydrogen) atoms. The van der Waals surface area contributed by atoms with Gasteiger partial charge < -0.3 is 10.6 Å². The van der Waals surface area contributed by atoms with E-state index in [0.717, 1.165) is 25.4 Å². The van der Waals surface area contributed by atoms with Gasteiger partial charge in [0.05, 0.1) is 0 Å². The molecule has 1 amide bonds. The van der Waals surface area contributed by atoms with Gasteiger partial charge in [-0.1, -0.05) is 46.0 Å². The number of rotatable bonds is 8. The van der Waals surface area contributed by atoms with E-state index in [4.69, 9.17) is 0 Å². The summed E-state index contributed by atoms with van der Waals surface area (Å²) in [4.78, 5) is 11.8. The highest BCUT2D eigenvalue weighted by atomic mass is 16.1. The van der Waals surface area contributed by atoms with Crippen molar-refractivity contribution in [2.24, 2.45) is 11.3 Å². The average molecular weight is 268 g/mol. The van der Waals surface area contributed by atoms with Crippen molar-refractivity contribution in [2.45, 2.75) is 65.2 Å². The van der Waals surface area contributed by atoms with E-state index in [2.05, 4.69) is 24.5 Å². The number of hydrogen-bond acceptors (Lipinski definition) is 2. The molecule has 1 aliphatic carbocycles. The molecule has 1 fully saturated rings. The van der Waals surface area contributed by atoms with Crippen molar-refractivity contribution in [3.63, 3.8) is 0 Å². The van der Waals surface area contributed by atoms with Crippen LogP contribution in [0.25, 0.3) is 0 Å². The molecule has 0 unspecified atom stereocenters. The van der Waals surface area contributed by atoms with Crippen LogP contribution >= 0.6 is 0 Å². The third kappa shape index (κ3) is 7.56. The highest BCUT2D eigenvalue weighted by molar-refractivity contribution is 5.75. The Hall–Kier alpha value is -0.570. The largest absolute Gasteiger partial charge is 0.356 e. The predicted octanol–water partition coefficient (Wildman–Crippen LogP) is 3.10. The molecule has 1 rings (SSSR count). The van der Waals surface area contributed by atoms with Gasteiger partial charge in [0.2, 0.25) is 5.91 Å². The van der Waals surface area contributed by atoms with Crippen LogP contribution in [0, 0.1) is 11.3 Å². The lowest BCUT2D eigenvalue weighted by Crippen LogP contribution is -2.39. The van der Waals surface area contributed by atoms with Gasteiger partial charge in [0.1, 0.15) is 0 Å². The van der Waals surface area contributed by atoms with Gasteiger partial charge in [-0.2, -0.15) is 0 Å². The molecule has 3 heteroatoms. The molecule has 1 aliphatic rings. The van der Waals surface area contributed by atoms with Crippen molar-refractivity contribution in [2.75, 3.05) is 20.1 Å². The molecular weight excluding hydrogens is 236 g/mol. The van der Waals surface area contributed by atoms with E-state index in [1.165, 1.54) is 38.5 Å². The van der Waals surface area contributed by atoms with E-state index >= 15 is 0 Å². The summed E-state index contributed by atoms with van der Waals surface area (Å²) < 4.78 is 0. The molecule has 112 valence electrons. The lowest BCUT2D eigenvalue weighted by molar-refractivity contribution is -0.121. The second kappa shape index (κ2) is 8.57. The zero-order chi connectivity index (χ0) is 14.1. The van der Waals surface area contributed by atoms with Crippen molar-refractivity contribution >= 4 is 5.91 Å². The first-order valence-corrected chi connectivity index (χ1v) is 7.95. The second-order valence-electron chi connectivity index (χ2n) is 6.87. The van der Waals surface area contributed by atoms with Crippen LogP contribution in [-0.2, 0) is 4.79 Å². The third-order valence-electron chi connectivity index (χ3n) is 4.16. The first kappa shape index (κ1) is 16.5. The Kier molecular flexibility index (Phi) is 7.44. The Morgan fingerprint density at radius 1 is 1.16 bits per heavy atom. The van der Waals surface area contributed by atoms with Crippen LogP contribution in [0.5, 0.6) is 0 Å². The van der Waals surface area contributed by atoms with Crippen molar-refractivity contribution in [1.82, 2.24) is 10.6 Å². The molecule has 0 bridgehead atoms. The number of nitrogens with one attached hydrogen (secondary N) is 2. The zero-order valence-corrected chi connectivity index (χ0v) is 13.1. The fourth-order valence-corrected chi connectivity index (χ4v) is 2.99. The fraction of sp³-hybridized carbons (Fsp3) is 0.938. The van der Waals surface area contributed by atoms with Crippen molar-refractivity contribution in [3.05, 3.63) is 0 Å². The van der Waals surface area contributed by atoms with Crippen LogP contribution in [0.2, 0.25) is 0 Å². The molecule has 0 aromatic carbocycles. The van der Waals surface area contributed by atoms with Crippen LogP contribution in [0.1, 0.15) is 65.2 Å². The smallest absolute Gasteiger partial charge is 0.220 e. The fourth-order valence-electron chi connectivity index (χ4n) is 2.99. The molecule has 0 aliphatic heterocycles. The van der Waals surface area contributed by atoms with Gasteiger partial charge in [-0.25, -0.2) is 0 Å². The van der Waals surface area contributed by atoms with Crippen molar-refractivity contribution in [1.29, 1.82) is 0 Å². The van der Waals surface area contributed by atoms with E-state index < -0.39 is 0 Å². The molecule has 0 atom stereocenters. The average Bonchev–Trinajstić information content (AvgIpc) is 2.38. The molecule has 0 aromatic heterocycles. The van der Waals surface area contributed by atoms with Crippen LogP contribution in [0.15, 0.2) is 0 Å². The van der Waals surface area contributed by atoms with Gasteiger partial charge in [-0.3, -0.25) is 4.79 Å². The Balaban J connectivity index is 2.07. The molecule has 2 N–H and O–H groups in total. The maximum absolute atomic E-state index is 11.8. The van der Waals surface area contributed by atoms with Crippen molar-refractivity contribution in [3.8, 4) is 0 Å². The Morgan fingerprint density at radius 2 is 1.84 bits per heavy atom. The van der Waals surface area contributed by atoms with Gasteiger partial charge >= 0.3 is 0 Å². The van der Waals surface area contributed by atoms with E-state index in [1.54, 1.807) is 0 Å². The summed E-state index contributed by atoms with van der Waals surface area (Å²) in [5.74, 6) is 1.11. The number of carbonyl (C=O) groups excluding carboxylic acids is 1. The Morgan fingerprint density at radius 3 is 2.47 bits per heavy atom. The van der Waals surface area contributed by atoms with Crippen LogP contribution < -0.4 is 10.6 Å². The minimum absolute atomic E-state index is 0.133. The van der Waals surface area contributed by atoms with E-state index in [9.17, 15) is 4.79 Å². The first-order chi connectivity index (χ1) is 9.03. The predicted molar refractivity (Wildman–Crippen MR) is 81.1 cm³/mol. The summed E-state index contributed by atoms with van der Waals surface area (Å²) in [6.07, 6.45) is 9.98. The lowest BCUT2D eigenvalue weighted by Gasteiger charge is -2.24. The maximum atomic E-state index is 11.8. The van der Waals surface area contributed by atoms with Crippen LogP contribution in [0.3, 0.4) is 0 Å². The van der Waals surface area contributed by atoms with Gasteiger partial charge in [0.15, 0.2) is 0 Å². The highest BCUT2D eigenvalue weighted by Gasteiger charge is 2.18. The topological polar surface area (TPSA) is 41.1 Å². The van der Waals surface area contributed by atoms with Gasteiger partial charge in [-0.05, 0) is 31.2 Å². The normalized spacial score (nSPS) is 17.4. The summed E-state index contributed by atoms with van der Waals surface area (Å²) in [6, 6.07) is 0. The monoisotopic (exact) mass is 268 g/mol. The summed E-state index contributed by atoms with van der Waals surface area (Å²) in [7, 11) is 1.95. The molecule has 0 heterocycles. The van der Waals surface area contributed by atoms with E-state index in [0.29, 0.717) is 6.42 Å². The molecule has 0 radical (unpaired) electrons. The zero-order valence-electron chi connectivity index (χ0n) is 13.1. The summed E-state index contributed by atoms with van der Waals surface area (Å²) >= 11 is 0. The number of carbonyl (C=O) groups is 1. The summed E-state index contributed by atoms with van der Waals surface area (Å²) in [6.45, 7) is 6.03. The highest BCUT2D eigenvalue weighted by Crippen LogP contribution is 2.27. The minimum Gasteiger partial charge on any atom is -0.356 e. The molecule has 3 nitrogen and oxygen atoms in total. The minimum atomic E-state index is 0.133. The number of amides is 1. The lowest BCUT2D eigenvalue weighted by atomic mass is 9.86. The standard InChI is InChI=1S/C16H32N2O/c1-16(2,12-17-3)13-18-15(19)11-7-10-14-8-5-4-6-9-14/h14,17H,4-13H2,1-3H3,(H,18,19). The Bertz CT molecular complexity index is 257. The van der Waals surface area contributed by atoms with Crippen LogP contribution in [-0.4, -0.2) is 26.0 Å². The van der Waals surface area contributed by atoms with E-state index in [-0.39, 0.29) is 11.3 Å². The van der Waals surface area contributed by atoms with Crippen LogP contribution in [0.4, 0.5) is 0 Å². The second-order valence-corrected chi connectivity index (χ2v) is 6.87. The molecule has 1 saturated carbocycles. The molecule has 0 saturated heterocycles. The summed E-state index contributed by atoms with van der Waals surface area (Å²) in [5.41, 5.74) is 0.133. The van der Waals surface area contributed by atoms with Crippen molar-refractivity contribution < 1.29 is 4.79 Å². The molecule has 0 spiro atoms. The summed E-state index contributed by atoms with van der Waals surface area (Å²) in [5, 5.41) is 6.23. The molecular formula is C16H32N2O.